The zero-order valence-electron chi connectivity index (χ0n) is 9.93. The van der Waals surface area contributed by atoms with Crippen LogP contribution in [0.1, 0.15) is 29.2 Å². The lowest BCUT2D eigenvalue weighted by atomic mass is 10.1. The van der Waals surface area contributed by atoms with Crippen LogP contribution >= 0.6 is 0 Å². The molecule has 3 rings (SSSR count). The van der Waals surface area contributed by atoms with Crippen molar-refractivity contribution < 1.29 is 0 Å². The molecular weight excluding hydrogens is 222 g/mol. The van der Waals surface area contributed by atoms with Crippen LogP contribution in [-0.2, 0) is 6.42 Å². The predicted molar refractivity (Wildman–Crippen MR) is 70.1 cm³/mol. The first kappa shape index (κ1) is 10.8. The fourth-order valence-electron chi connectivity index (χ4n) is 2.43. The Balaban J connectivity index is 1.80. The van der Waals surface area contributed by atoms with Crippen LogP contribution in [0.4, 0.5) is 5.82 Å². The maximum absolute atomic E-state index is 8.73. The van der Waals surface area contributed by atoms with E-state index in [9.17, 15) is 0 Å². The zero-order valence-corrected chi connectivity index (χ0v) is 9.93. The first-order valence-corrected chi connectivity index (χ1v) is 6.07. The molecule has 0 bridgehead atoms. The van der Waals surface area contributed by atoms with Gasteiger partial charge in [-0.05, 0) is 36.1 Å². The molecular formula is C15H13N3. The lowest BCUT2D eigenvalue weighted by Gasteiger charge is -2.14. The minimum Gasteiger partial charge on any atom is -0.363 e. The Labute approximate surface area is 106 Å². The van der Waals surface area contributed by atoms with E-state index in [4.69, 9.17) is 5.26 Å². The number of nitrogens with one attached hydrogen (secondary N) is 1. The number of rotatable bonds is 2. The monoisotopic (exact) mass is 235 g/mol. The highest BCUT2D eigenvalue weighted by molar-refractivity contribution is 5.45. The summed E-state index contributed by atoms with van der Waals surface area (Å²) >= 11 is 0. The molecule has 0 amide bonds. The van der Waals surface area contributed by atoms with Crippen LogP contribution in [0.25, 0.3) is 0 Å². The molecule has 0 saturated carbocycles. The number of aryl methyl sites for hydroxylation is 1. The van der Waals surface area contributed by atoms with E-state index in [1.54, 1.807) is 12.3 Å². The molecule has 0 fully saturated rings. The van der Waals surface area contributed by atoms with Crippen molar-refractivity contribution in [3.8, 4) is 6.07 Å². The van der Waals surface area contributed by atoms with Crippen molar-refractivity contribution in [1.82, 2.24) is 4.98 Å². The molecule has 1 aliphatic carbocycles. The molecule has 0 aliphatic heterocycles. The molecule has 3 nitrogen and oxygen atoms in total. The Hall–Kier alpha value is -2.34. The number of aromatic nitrogens is 1. The number of fused-ring (bicyclic) bond motifs is 1. The zero-order chi connectivity index (χ0) is 12.4. The standard InChI is InChI=1S/C15H13N3/c16-9-11-5-8-15(17-10-11)18-14-7-6-12-3-1-2-4-13(12)14/h1-5,8,10,14H,6-7H2,(H,17,18). The molecule has 1 N–H and O–H groups in total. The molecule has 88 valence electrons. The van der Waals surface area contributed by atoms with Crippen molar-refractivity contribution in [2.75, 3.05) is 5.32 Å². The van der Waals surface area contributed by atoms with Gasteiger partial charge in [-0.15, -0.1) is 0 Å². The Morgan fingerprint density at radius 1 is 1.22 bits per heavy atom. The van der Waals surface area contributed by atoms with Gasteiger partial charge in [0.25, 0.3) is 0 Å². The maximum Gasteiger partial charge on any atom is 0.126 e. The number of anilines is 1. The van der Waals surface area contributed by atoms with Gasteiger partial charge >= 0.3 is 0 Å². The van der Waals surface area contributed by atoms with Gasteiger partial charge in [0, 0.05) is 6.20 Å². The maximum atomic E-state index is 8.73. The largest absolute Gasteiger partial charge is 0.363 e. The molecule has 3 heteroatoms. The Morgan fingerprint density at radius 2 is 2.11 bits per heavy atom. The van der Waals surface area contributed by atoms with Gasteiger partial charge in [0.2, 0.25) is 0 Å². The van der Waals surface area contributed by atoms with Crippen LogP contribution in [0.2, 0.25) is 0 Å². The molecule has 0 saturated heterocycles. The van der Waals surface area contributed by atoms with Crippen LogP contribution in [0.3, 0.4) is 0 Å². The second kappa shape index (κ2) is 4.50. The molecule has 1 aromatic carbocycles. The third-order valence-corrected chi connectivity index (χ3v) is 3.35. The van der Waals surface area contributed by atoms with Crippen LogP contribution in [-0.4, -0.2) is 4.98 Å². The van der Waals surface area contributed by atoms with Gasteiger partial charge in [-0.1, -0.05) is 24.3 Å². The molecule has 2 aromatic rings. The van der Waals surface area contributed by atoms with Crippen LogP contribution in [0.15, 0.2) is 42.6 Å². The Bertz CT molecular complexity index is 596. The van der Waals surface area contributed by atoms with Crippen molar-refractivity contribution >= 4 is 5.82 Å². The van der Waals surface area contributed by atoms with Gasteiger partial charge in [-0.3, -0.25) is 0 Å². The second-order valence-corrected chi connectivity index (χ2v) is 4.48. The topological polar surface area (TPSA) is 48.7 Å². The van der Waals surface area contributed by atoms with E-state index in [2.05, 4.69) is 40.6 Å². The fraction of sp³-hybridized carbons (Fsp3) is 0.200. The molecule has 1 unspecified atom stereocenters. The highest BCUT2D eigenvalue weighted by Crippen LogP contribution is 2.33. The van der Waals surface area contributed by atoms with Gasteiger partial charge < -0.3 is 5.32 Å². The SMILES string of the molecule is N#Cc1ccc(NC2CCc3ccccc32)nc1. The van der Waals surface area contributed by atoms with Crippen LogP contribution in [0.5, 0.6) is 0 Å². The summed E-state index contributed by atoms with van der Waals surface area (Å²) in [5, 5.41) is 12.2. The number of nitrogens with zero attached hydrogens (tertiary/aromatic N) is 2. The third kappa shape index (κ3) is 1.93. The van der Waals surface area contributed by atoms with Crippen LogP contribution in [0, 0.1) is 11.3 Å². The van der Waals surface area contributed by atoms with Crippen molar-refractivity contribution in [2.45, 2.75) is 18.9 Å². The summed E-state index contributed by atoms with van der Waals surface area (Å²) in [4.78, 5) is 4.25. The Kier molecular flexibility index (Phi) is 2.70. The predicted octanol–water partition coefficient (Wildman–Crippen LogP) is 3.05. The minimum absolute atomic E-state index is 0.335. The van der Waals surface area contributed by atoms with E-state index < -0.39 is 0 Å². The molecule has 0 radical (unpaired) electrons. The van der Waals surface area contributed by atoms with Gasteiger partial charge in [0.15, 0.2) is 0 Å². The first-order chi connectivity index (χ1) is 8.86. The van der Waals surface area contributed by atoms with Crippen LogP contribution < -0.4 is 5.32 Å². The lowest BCUT2D eigenvalue weighted by Crippen LogP contribution is -2.08. The third-order valence-electron chi connectivity index (χ3n) is 3.35. The van der Waals surface area contributed by atoms with Crippen molar-refractivity contribution in [1.29, 1.82) is 5.26 Å². The van der Waals surface area contributed by atoms with Gasteiger partial charge in [-0.2, -0.15) is 5.26 Å². The number of hydrogen-bond donors (Lipinski definition) is 1. The molecule has 1 heterocycles. The van der Waals surface area contributed by atoms with Crippen molar-refractivity contribution in [3.63, 3.8) is 0 Å². The fourth-order valence-corrected chi connectivity index (χ4v) is 2.43. The normalized spacial score (nSPS) is 16.9. The molecule has 1 aliphatic rings. The average Bonchev–Trinajstić information content (AvgIpc) is 2.83. The van der Waals surface area contributed by atoms with Crippen molar-refractivity contribution in [3.05, 3.63) is 59.3 Å². The number of nitriles is 1. The van der Waals surface area contributed by atoms with E-state index in [-0.39, 0.29) is 0 Å². The van der Waals surface area contributed by atoms with Gasteiger partial charge in [0.05, 0.1) is 11.6 Å². The van der Waals surface area contributed by atoms with Gasteiger partial charge in [0.1, 0.15) is 11.9 Å². The Morgan fingerprint density at radius 3 is 2.89 bits per heavy atom. The summed E-state index contributed by atoms with van der Waals surface area (Å²) < 4.78 is 0. The molecule has 0 spiro atoms. The number of benzene rings is 1. The lowest BCUT2D eigenvalue weighted by molar-refractivity contribution is 0.757. The minimum atomic E-state index is 0.335. The highest BCUT2D eigenvalue weighted by Gasteiger charge is 2.21. The summed E-state index contributed by atoms with van der Waals surface area (Å²) in [5.74, 6) is 0.829. The van der Waals surface area contributed by atoms with Crippen molar-refractivity contribution in [2.24, 2.45) is 0 Å². The molecule has 1 aromatic heterocycles. The summed E-state index contributed by atoms with van der Waals surface area (Å²) in [6.07, 6.45) is 3.81. The molecule has 18 heavy (non-hydrogen) atoms. The average molecular weight is 235 g/mol. The van der Waals surface area contributed by atoms with E-state index in [0.717, 1.165) is 18.7 Å². The van der Waals surface area contributed by atoms with E-state index in [0.29, 0.717) is 11.6 Å². The smallest absolute Gasteiger partial charge is 0.126 e. The number of pyridine rings is 1. The number of hydrogen-bond acceptors (Lipinski definition) is 3. The first-order valence-electron chi connectivity index (χ1n) is 6.07. The van der Waals surface area contributed by atoms with Gasteiger partial charge in [-0.25, -0.2) is 4.98 Å². The summed E-state index contributed by atoms with van der Waals surface area (Å²) in [6, 6.07) is 14.6. The second-order valence-electron chi connectivity index (χ2n) is 4.48. The summed E-state index contributed by atoms with van der Waals surface area (Å²) in [5.41, 5.74) is 3.37. The van der Waals surface area contributed by atoms with E-state index in [1.807, 2.05) is 6.07 Å². The summed E-state index contributed by atoms with van der Waals surface area (Å²) in [7, 11) is 0. The molecule has 1 atom stereocenters. The van der Waals surface area contributed by atoms with E-state index in [1.165, 1.54) is 11.1 Å². The van der Waals surface area contributed by atoms with E-state index >= 15 is 0 Å². The summed E-state index contributed by atoms with van der Waals surface area (Å²) in [6.45, 7) is 0. The quantitative estimate of drug-likeness (QED) is 0.870. The highest BCUT2D eigenvalue weighted by atomic mass is 15.0.